The average Bonchev–Trinajstić information content (AvgIpc) is 3.36. The van der Waals surface area contributed by atoms with Crippen LogP contribution >= 0.6 is 11.8 Å². The summed E-state index contributed by atoms with van der Waals surface area (Å²) >= 11 is 1.88. The fraction of sp³-hybridized carbons (Fsp3) is 0. The van der Waals surface area contributed by atoms with Crippen LogP contribution in [0.5, 0.6) is 0 Å². The van der Waals surface area contributed by atoms with Crippen molar-refractivity contribution in [3.63, 3.8) is 0 Å². The summed E-state index contributed by atoms with van der Waals surface area (Å²) in [6.45, 7) is 0. The summed E-state index contributed by atoms with van der Waals surface area (Å²) in [4.78, 5) is 2.67. The SMILES string of the molecule is c1ccc(-n2c3ccccc3c3c4ccc(-c5ccc6c(c5)-c5cccc7cccc(c57)S6)cc4ccc32)cc1. The smallest absolute Gasteiger partial charge is 0.0547 e. The molecule has 7 aromatic carbocycles. The number of aromatic nitrogens is 1. The second-order valence-corrected chi connectivity index (χ2v) is 11.6. The first-order chi connectivity index (χ1) is 19.8. The number of hydrogen-bond acceptors (Lipinski definition) is 1. The first-order valence-electron chi connectivity index (χ1n) is 13.7. The molecule has 0 N–H and O–H groups in total. The third kappa shape index (κ3) is 3.11. The minimum Gasteiger partial charge on any atom is -0.309 e. The Morgan fingerprint density at radius 3 is 2.15 bits per heavy atom. The Hall–Kier alpha value is -4.79. The van der Waals surface area contributed by atoms with Gasteiger partial charge in [-0.25, -0.2) is 0 Å². The van der Waals surface area contributed by atoms with Crippen LogP contribution in [0, 0.1) is 0 Å². The van der Waals surface area contributed by atoms with E-state index in [1.807, 2.05) is 11.8 Å². The van der Waals surface area contributed by atoms with Crippen LogP contribution in [0.1, 0.15) is 0 Å². The molecule has 186 valence electrons. The van der Waals surface area contributed by atoms with Gasteiger partial charge in [0.25, 0.3) is 0 Å². The highest BCUT2D eigenvalue weighted by molar-refractivity contribution is 7.99. The van der Waals surface area contributed by atoms with E-state index in [2.05, 4.69) is 144 Å². The number of rotatable bonds is 2. The summed E-state index contributed by atoms with van der Waals surface area (Å²) in [5.41, 5.74) is 8.83. The molecule has 1 aromatic heterocycles. The van der Waals surface area contributed by atoms with Gasteiger partial charge >= 0.3 is 0 Å². The topological polar surface area (TPSA) is 4.93 Å². The second kappa shape index (κ2) is 8.35. The summed E-state index contributed by atoms with van der Waals surface area (Å²) in [7, 11) is 0. The molecule has 0 atom stereocenters. The number of para-hydroxylation sites is 2. The number of benzene rings is 7. The van der Waals surface area contributed by atoms with Crippen molar-refractivity contribution in [2.45, 2.75) is 9.79 Å². The lowest BCUT2D eigenvalue weighted by Crippen LogP contribution is -1.93. The van der Waals surface area contributed by atoms with Crippen LogP contribution in [0.3, 0.4) is 0 Å². The maximum atomic E-state index is 2.39. The normalized spacial score (nSPS) is 12.4. The predicted octanol–water partition coefficient (Wildman–Crippen LogP) is 10.9. The Labute approximate surface area is 236 Å². The van der Waals surface area contributed by atoms with Crippen molar-refractivity contribution in [2.24, 2.45) is 0 Å². The van der Waals surface area contributed by atoms with Crippen molar-refractivity contribution in [1.29, 1.82) is 0 Å². The molecule has 0 saturated carbocycles. The molecule has 0 fully saturated rings. The van der Waals surface area contributed by atoms with Crippen molar-refractivity contribution in [2.75, 3.05) is 0 Å². The van der Waals surface area contributed by atoms with E-state index in [0.717, 1.165) is 0 Å². The van der Waals surface area contributed by atoms with Gasteiger partial charge < -0.3 is 4.57 Å². The van der Waals surface area contributed by atoms with Gasteiger partial charge in [-0.1, -0.05) is 103 Å². The lowest BCUT2D eigenvalue weighted by molar-refractivity contribution is 1.18. The molecule has 0 spiro atoms. The third-order valence-electron chi connectivity index (χ3n) is 8.36. The van der Waals surface area contributed by atoms with Gasteiger partial charge in [-0.3, -0.25) is 0 Å². The molecule has 8 aromatic rings. The first-order valence-corrected chi connectivity index (χ1v) is 14.5. The lowest BCUT2D eigenvalue weighted by Gasteiger charge is -2.21. The van der Waals surface area contributed by atoms with Crippen molar-refractivity contribution in [3.05, 3.63) is 140 Å². The summed E-state index contributed by atoms with van der Waals surface area (Å²) in [6.07, 6.45) is 0. The van der Waals surface area contributed by atoms with Crippen molar-refractivity contribution in [1.82, 2.24) is 4.57 Å². The van der Waals surface area contributed by atoms with E-state index in [9.17, 15) is 0 Å². The van der Waals surface area contributed by atoms with Crippen molar-refractivity contribution >= 4 is 55.1 Å². The highest BCUT2D eigenvalue weighted by Crippen LogP contribution is 2.49. The van der Waals surface area contributed by atoms with Crippen LogP contribution in [-0.2, 0) is 0 Å². The van der Waals surface area contributed by atoms with E-state index in [1.165, 1.54) is 81.1 Å². The van der Waals surface area contributed by atoms with Crippen LogP contribution in [0.4, 0.5) is 0 Å². The van der Waals surface area contributed by atoms with E-state index < -0.39 is 0 Å². The van der Waals surface area contributed by atoms with Gasteiger partial charge in [0.2, 0.25) is 0 Å². The standard InChI is InChI=1S/C38H23NS/c1-2-10-28(11-3-1)39-33-14-5-4-12-31(33)38-29-19-16-25(22-27(29)17-20-34(38)39)26-18-21-35-32(23-26)30-13-6-8-24-9-7-15-36(40-35)37(24)30/h1-23H. The van der Waals surface area contributed by atoms with Crippen LogP contribution in [0.2, 0.25) is 0 Å². The van der Waals surface area contributed by atoms with Crippen LogP contribution in [-0.4, -0.2) is 4.57 Å². The molecule has 0 aliphatic carbocycles. The molecular formula is C38H23NS. The zero-order valence-electron chi connectivity index (χ0n) is 21.6. The lowest BCUT2D eigenvalue weighted by atomic mass is 9.93. The quantitative estimate of drug-likeness (QED) is 0.217. The van der Waals surface area contributed by atoms with Gasteiger partial charge in [-0.15, -0.1) is 0 Å². The molecule has 0 radical (unpaired) electrons. The molecule has 1 nitrogen and oxygen atoms in total. The van der Waals surface area contributed by atoms with Crippen molar-refractivity contribution < 1.29 is 0 Å². The summed E-state index contributed by atoms with van der Waals surface area (Å²) in [6, 6.07) is 51.2. The minimum absolute atomic E-state index is 1.19. The summed E-state index contributed by atoms with van der Waals surface area (Å²) < 4.78 is 2.39. The van der Waals surface area contributed by atoms with E-state index >= 15 is 0 Å². The predicted molar refractivity (Wildman–Crippen MR) is 171 cm³/mol. The van der Waals surface area contributed by atoms with Gasteiger partial charge in [0.1, 0.15) is 0 Å². The van der Waals surface area contributed by atoms with E-state index in [-0.39, 0.29) is 0 Å². The molecule has 0 saturated heterocycles. The summed E-state index contributed by atoms with van der Waals surface area (Å²) in [5.74, 6) is 0. The van der Waals surface area contributed by atoms with E-state index in [1.54, 1.807) is 0 Å². The number of hydrogen-bond donors (Lipinski definition) is 0. The number of fused-ring (bicyclic) bond motifs is 7. The molecule has 2 heterocycles. The summed E-state index contributed by atoms with van der Waals surface area (Å²) in [5, 5.41) is 7.84. The van der Waals surface area contributed by atoms with Gasteiger partial charge in [-0.05, 0) is 86.9 Å². The Morgan fingerprint density at radius 2 is 1.23 bits per heavy atom. The van der Waals surface area contributed by atoms with Crippen molar-refractivity contribution in [3.8, 4) is 27.9 Å². The largest absolute Gasteiger partial charge is 0.309 e. The Bertz CT molecular complexity index is 2290. The molecule has 0 amide bonds. The molecule has 40 heavy (non-hydrogen) atoms. The minimum atomic E-state index is 1.19. The van der Waals surface area contributed by atoms with Gasteiger partial charge in [0.15, 0.2) is 0 Å². The van der Waals surface area contributed by atoms with Crippen LogP contribution in [0.15, 0.2) is 149 Å². The molecule has 0 unspecified atom stereocenters. The van der Waals surface area contributed by atoms with Gasteiger partial charge in [0, 0.05) is 31.6 Å². The molecule has 2 heteroatoms. The Balaban J connectivity index is 1.24. The maximum absolute atomic E-state index is 2.39. The van der Waals surface area contributed by atoms with Gasteiger partial charge in [-0.2, -0.15) is 0 Å². The maximum Gasteiger partial charge on any atom is 0.0547 e. The molecule has 1 aliphatic heterocycles. The highest BCUT2D eigenvalue weighted by atomic mass is 32.2. The van der Waals surface area contributed by atoms with Gasteiger partial charge in [0.05, 0.1) is 11.0 Å². The molecular weight excluding hydrogens is 502 g/mol. The van der Waals surface area contributed by atoms with E-state index in [0.29, 0.717) is 0 Å². The molecule has 9 rings (SSSR count). The second-order valence-electron chi connectivity index (χ2n) is 10.6. The Morgan fingerprint density at radius 1 is 0.425 bits per heavy atom. The van der Waals surface area contributed by atoms with Crippen LogP contribution < -0.4 is 0 Å². The number of nitrogens with zero attached hydrogens (tertiary/aromatic N) is 1. The zero-order chi connectivity index (χ0) is 26.2. The fourth-order valence-corrected chi connectivity index (χ4v) is 7.70. The zero-order valence-corrected chi connectivity index (χ0v) is 22.5. The third-order valence-corrected chi connectivity index (χ3v) is 9.49. The monoisotopic (exact) mass is 525 g/mol. The first kappa shape index (κ1) is 22.1. The Kier molecular flexibility index (Phi) is 4.61. The average molecular weight is 526 g/mol. The van der Waals surface area contributed by atoms with Crippen LogP contribution in [0.25, 0.3) is 71.3 Å². The van der Waals surface area contributed by atoms with E-state index in [4.69, 9.17) is 0 Å². The highest BCUT2D eigenvalue weighted by Gasteiger charge is 2.20. The fourth-order valence-electron chi connectivity index (χ4n) is 6.58. The molecule has 0 bridgehead atoms. The molecule has 1 aliphatic rings.